The summed E-state index contributed by atoms with van der Waals surface area (Å²) in [5.41, 5.74) is 0.523. The fraction of sp³-hybridized carbons (Fsp3) is 0.462. The van der Waals surface area contributed by atoms with Crippen molar-refractivity contribution in [1.29, 1.82) is 0 Å². The number of aromatic nitrogens is 1. The summed E-state index contributed by atoms with van der Waals surface area (Å²) in [6.45, 7) is 3.83. The quantitative estimate of drug-likeness (QED) is 0.668. The lowest BCUT2D eigenvalue weighted by molar-refractivity contribution is -0.113. The largest absolute Gasteiger partial charge is 0.355 e. The Hall–Kier alpha value is -0.890. The van der Waals surface area contributed by atoms with Gasteiger partial charge in [-0.1, -0.05) is 35.6 Å². The van der Waals surface area contributed by atoms with Crippen LogP contribution in [0, 0.1) is 0 Å². The van der Waals surface area contributed by atoms with Crippen LogP contribution in [0.4, 0.5) is 5.69 Å². The number of hydrogen-bond acceptors (Lipinski definition) is 5. The van der Waals surface area contributed by atoms with E-state index in [1.54, 1.807) is 18.3 Å². The monoisotopic (exact) mass is 344 g/mol. The van der Waals surface area contributed by atoms with E-state index in [4.69, 9.17) is 23.8 Å². The van der Waals surface area contributed by atoms with Gasteiger partial charge in [0.2, 0.25) is 5.91 Å². The Morgan fingerprint density at radius 2 is 2.19 bits per heavy atom. The van der Waals surface area contributed by atoms with E-state index in [0.29, 0.717) is 5.69 Å². The predicted octanol–water partition coefficient (Wildman–Crippen LogP) is 1.94. The third-order valence-electron chi connectivity index (χ3n) is 3.12. The molecule has 1 fully saturated rings. The number of carbonyl (C=O) groups excluding carboxylic acids is 1. The van der Waals surface area contributed by atoms with Crippen molar-refractivity contribution in [3.05, 3.63) is 23.5 Å². The molecule has 1 amide bonds. The van der Waals surface area contributed by atoms with Crippen molar-refractivity contribution >= 4 is 51.5 Å². The van der Waals surface area contributed by atoms with Crippen molar-refractivity contribution < 1.29 is 4.79 Å². The molecule has 1 N–H and O–H groups in total. The van der Waals surface area contributed by atoms with Crippen LogP contribution in [0.2, 0.25) is 5.15 Å². The molecule has 0 aromatic carbocycles. The maximum atomic E-state index is 11.9. The molecule has 21 heavy (non-hydrogen) atoms. The number of piperazine rings is 1. The van der Waals surface area contributed by atoms with Crippen LogP contribution in [0.15, 0.2) is 18.3 Å². The van der Waals surface area contributed by atoms with E-state index in [0.717, 1.165) is 30.5 Å². The number of halogens is 1. The summed E-state index contributed by atoms with van der Waals surface area (Å²) >= 11 is 12.6. The lowest BCUT2D eigenvalue weighted by Crippen LogP contribution is -2.46. The standard InChI is InChI=1S/C13H17ClN4OS2/c1-17-5-7-18(8-6-17)13(20)21-9-11(19)16-10-3-2-4-15-12(10)14/h2-4H,5-9H2,1H3,(H,16,19). The molecule has 1 aromatic rings. The zero-order valence-electron chi connectivity index (χ0n) is 11.7. The minimum Gasteiger partial charge on any atom is -0.355 e. The van der Waals surface area contributed by atoms with E-state index >= 15 is 0 Å². The molecular weight excluding hydrogens is 328 g/mol. The SMILES string of the molecule is CN1CCN(C(=S)SCC(=O)Nc2cccnc2Cl)CC1. The van der Waals surface area contributed by atoms with Crippen LogP contribution in [0.5, 0.6) is 0 Å². The molecule has 2 rings (SSSR count). The second kappa shape index (κ2) is 7.93. The topological polar surface area (TPSA) is 48.5 Å². The Labute approximate surface area is 139 Å². The van der Waals surface area contributed by atoms with E-state index in [1.165, 1.54) is 11.8 Å². The molecule has 2 heterocycles. The number of likely N-dealkylation sites (N-methyl/N-ethyl adjacent to an activating group) is 1. The van der Waals surface area contributed by atoms with Crippen LogP contribution in [-0.2, 0) is 4.79 Å². The van der Waals surface area contributed by atoms with Crippen LogP contribution in [0.1, 0.15) is 0 Å². The Morgan fingerprint density at radius 1 is 1.48 bits per heavy atom. The zero-order chi connectivity index (χ0) is 15.2. The summed E-state index contributed by atoms with van der Waals surface area (Å²) in [5, 5.41) is 3.02. The van der Waals surface area contributed by atoms with Gasteiger partial charge in [0.15, 0.2) is 5.15 Å². The summed E-state index contributed by atoms with van der Waals surface area (Å²) in [7, 11) is 2.10. The Morgan fingerprint density at radius 3 is 2.86 bits per heavy atom. The van der Waals surface area contributed by atoms with E-state index in [2.05, 4.69) is 27.1 Å². The van der Waals surface area contributed by atoms with Crippen molar-refractivity contribution in [2.45, 2.75) is 0 Å². The molecule has 0 saturated carbocycles. The van der Waals surface area contributed by atoms with Gasteiger partial charge >= 0.3 is 0 Å². The summed E-state index contributed by atoms with van der Waals surface area (Å²) < 4.78 is 0.774. The lowest BCUT2D eigenvalue weighted by atomic mass is 10.4. The van der Waals surface area contributed by atoms with Gasteiger partial charge in [0.25, 0.3) is 0 Å². The van der Waals surface area contributed by atoms with Crippen molar-refractivity contribution in [2.75, 3.05) is 44.3 Å². The second-order valence-electron chi connectivity index (χ2n) is 4.73. The van der Waals surface area contributed by atoms with Crippen LogP contribution >= 0.6 is 35.6 Å². The average molecular weight is 345 g/mol. The van der Waals surface area contributed by atoms with Crippen LogP contribution < -0.4 is 5.32 Å². The number of nitrogens with zero attached hydrogens (tertiary/aromatic N) is 3. The third kappa shape index (κ3) is 5.10. The summed E-state index contributed by atoms with van der Waals surface area (Å²) in [5.74, 6) is 0.141. The van der Waals surface area contributed by atoms with E-state index < -0.39 is 0 Å². The molecule has 0 aliphatic carbocycles. The highest BCUT2D eigenvalue weighted by molar-refractivity contribution is 8.23. The molecule has 8 heteroatoms. The van der Waals surface area contributed by atoms with Crippen LogP contribution in [-0.4, -0.2) is 64.0 Å². The molecule has 0 unspecified atom stereocenters. The first-order valence-electron chi connectivity index (χ1n) is 6.57. The molecule has 1 aliphatic heterocycles. The summed E-state index contributed by atoms with van der Waals surface area (Å²) in [6, 6.07) is 3.44. The van der Waals surface area contributed by atoms with Crippen molar-refractivity contribution in [1.82, 2.24) is 14.8 Å². The molecule has 5 nitrogen and oxygen atoms in total. The first-order valence-corrected chi connectivity index (χ1v) is 8.34. The highest BCUT2D eigenvalue weighted by Gasteiger charge is 2.17. The van der Waals surface area contributed by atoms with Crippen LogP contribution in [0.25, 0.3) is 0 Å². The normalized spacial score (nSPS) is 15.8. The molecule has 114 valence electrons. The number of rotatable bonds is 3. The number of carbonyl (C=O) groups is 1. The van der Waals surface area contributed by atoms with Gasteiger partial charge in [-0.2, -0.15) is 0 Å². The maximum absolute atomic E-state index is 11.9. The van der Waals surface area contributed by atoms with E-state index in [9.17, 15) is 4.79 Å². The van der Waals surface area contributed by atoms with Crippen molar-refractivity contribution in [3.8, 4) is 0 Å². The van der Waals surface area contributed by atoms with Gasteiger partial charge in [-0.3, -0.25) is 4.79 Å². The van der Waals surface area contributed by atoms with Gasteiger partial charge in [0, 0.05) is 32.4 Å². The van der Waals surface area contributed by atoms with Gasteiger partial charge in [-0.15, -0.1) is 0 Å². The first kappa shape index (κ1) is 16.5. The summed E-state index contributed by atoms with van der Waals surface area (Å²) in [4.78, 5) is 20.2. The maximum Gasteiger partial charge on any atom is 0.234 e. The summed E-state index contributed by atoms with van der Waals surface area (Å²) in [6.07, 6.45) is 1.58. The number of anilines is 1. The Balaban J connectivity index is 1.76. The Kier molecular flexibility index (Phi) is 6.22. The fourth-order valence-electron chi connectivity index (χ4n) is 1.87. The first-order chi connectivity index (χ1) is 10.1. The highest BCUT2D eigenvalue weighted by atomic mass is 35.5. The Bertz CT molecular complexity index is 521. The van der Waals surface area contributed by atoms with E-state index in [-0.39, 0.29) is 16.8 Å². The van der Waals surface area contributed by atoms with Crippen molar-refractivity contribution in [3.63, 3.8) is 0 Å². The number of nitrogens with one attached hydrogen (secondary N) is 1. The molecule has 1 aromatic heterocycles. The van der Waals surface area contributed by atoms with Gasteiger partial charge in [-0.05, 0) is 19.2 Å². The van der Waals surface area contributed by atoms with Crippen LogP contribution in [0.3, 0.4) is 0 Å². The minimum absolute atomic E-state index is 0.133. The van der Waals surface area contributed by atoms with Gasteiger partial charge in [0.1, 0.15) is 4.32 Å². The molecule has 0 atom stereocenters. The van der Waals surface area contributed by atoms with Crippen molar-refractivity contribution in [2.24, 2.45) is 0 Å². The fourth-order valence-corrected chi connectivity index (χ4v) is 3.09. The minimum atomic E-state index is -0.133. The molecule has 1 saturated heterocycles. The molecular formula is C13H17ClN4OS2. The highest BCUT2D eigenvalue weighted by Crippen LogP contribution is 2.18. The zero-order valence-corrected chi connectivity index (χ0v) is 14.1. The average Bonchev–Trinajstić information content (AvgIpc) is 2.48. The molecule has 1 aliphatic rings. The molecule has 0 spiro atoms. The van der Waals surface area contributed by atoms with E-state index in [1.807, 2.05) is 0 Å². The predicted molar refractivity (Wildman–Crippen MR) is 92.0 cm³/mol. The van der Waals surface area contributed by atoms with Gasteiger partial charge < -0.3 is 15.1 Å². The number of thiocarbonyl (C=S) groups is 1. The number of thioether (sulfide) groups is 1. The number of amides is 1. The van der Waals surface area contributed by atoms with Gasteiger partial charge in [-0.25, -0.2) is 4.98 Å². The van der Waals surface area contributed by atoms with Gasteiger partial charge in [0.05, 0.1) is 11.4 Å². The molecule has 0 bridgehead atoms. The smallest absolute Gasteiger partial charge is 0.234 e. The second-order valence-corrected chi connectivity index (χ2v) is 6.70. The molecule has 0 radical (unpaired) electrons. The lowest BCUT2D eigenvalue weighted by Gasteiger charge is -2.33. The number of pyridine rings is 1. The third-order valence-corrected chi connectivity index (χ3v) is 4.95. The number of hydrogen-bond donors (Lipinski definition) is 1.